The van der Waals surface area contributed by atoms with Gasteiger partial charge in [0.15, 0.2) is 17.5 Å². The third-order valence-electron chi connectivity index (χ3n) is 2.49. The first-order valence-electron chi connectivity index (χ1n) is 5.38. The number of benzene rings is 1. The lowest BCUT2D eigenvalue weighted by atomic mass is 10.1. The number of hydrogen-bond donors (Lipinski definition) is 0. The molecule has 0 saturated heterocycles. The number of likely N-dealkylation sites (N-methyl/N-ethyl adjacent to an activating group) is 2. The molecule has 0 atom stereocenters. The average molecular weight is 260 g/mol. The van der Waals surface area contributed by atoms with Crippen LogP contribution in [0.2, 0.25) is 0 Å². The summed E-state index contributed by atoms with van der Waals surface area (Å²) in [5.74, 6) is -5.05. The Bertz CT molecular complexity index is 449. The van der Waals surface area contributed by atoms with Crippen LogP contribution < -0.4 is 0 Å². The summed E-state index contributed by atoms with van der Waals surface area (Å²) < 4.78 is 39.1. The first-order chi connectivity index (χ1) is 8.34. The van der Waals surface area contributed by atoms with Crippen molar-refractivity contribution < 1.29 is 18.0 Å². The summed E-state index contributed by atoms with van der Waals surface area (Å²) in [6.45, 7) is 0.956. The van der Waals surface area contributed by atoms with E-state index in [-0.39, 0.29) is 0 Å². The third-order valence-corrected chi connectivity index (χ3v) is 2.49. The average Bonchev–Trinajstić information content (AvgIpc) is 2.32. The molecule has 0 aliphatic heterocycles. The molecule has 6 heteroatoms. The lowest BCUT2D eigenvalue weighted by Gasteiger charge is -2.20. The van der Waals surface area contributed by atoms with Gasteiger partial charge < -0.3 is 9.80 Å². The van der Waals surface area contributed by atoms with Crippen LogP contribution in [-0.4, -0.2) is 49.9 Å². The van der Waals surface area contributed by atoms with Gasteiger partial charge in [0.25, 0.3) is 5.91 Å². The van der Waals surface area contributed by atoms with Crippen LogP contribution >= 0.6 is 0 Å². The minimum atomic E-state index is -1.62. The molecule has 0 aliphatic carbocycles. The first-order valence-corrected chi connectivity index (χ1v) is 5.38. The first kappa shape index (κ1) is 14.5. The summed E-state index contributed by atoms with van der Waals surface area (Å²) >= 11 is 0. The largest absolute Gasteiger partial charge is 0.340 e. The summed E-state index contributed by atoms with van der Waals surface area (Å²) in [4.78, 5) is 14.9. The number of rotatable bonds is 4. The molecule has 0 radical (unpaired) electrons. The number of hydrogen-bond acceptors (Lipinski definition) is 2. The van der Waals surface area contributed by atoms with Crippen LogP contribution in [0.15, 0.2) is 12.1 Å². The fourth-order valence-electron chi connectivity index (χ4n) is 1.35. The topological polar surface area (TPSA) is 23.6 Å². The van der Waals surface area contributed by atoms with Gasteiger partial charge in [0, 0.05) is 20.1 Å². The smallest absolute Gasteiger partial charge is 0.256 e. The van der Waals surface area contributed by atoms with E-state index in [1.807, 2.05) is 19.0 Å². The summed E-state index contributed by atoms with van der Waals surface area (Å²) in [6, 6.07) is 1.69. The van der Waals surface area contributed by atoms with E-state index in [0.717, 1.165) is 12.1 Å². The van der Waals surface area contributed by atoms with Gasteiger partial charge in [-0.2, -0.15) is 0 Å². The molecular formula is C12H15F3N2O. The van der Waals surface area contributed by atoms with E-state index >= 15 is 0 Å². The lowest BCUT2D eigenvalue weighted by Crippen LogP contribution is -2.34. The number of nitrogens with zero attached hydrogens (tertiary/aromatic N) is 2. The minimum absolute atomic E-state index is 0.365. The number of halogens is 3. The molecule has 0 heterocycles. The number of carbonyl (C=O) groups is 1. The van der Waals surface area contributed by atoms with Gasteiger partial charge in [0.1, 0.15) is 0 Å². The molecule has 1 aromatic carbocycles. The van der Waals surface area contributed by atoms with Crippen LogP contribution in [0.1, 0.15) is 10.4 Å². The zero-order valence-electron chi connectivity index (χ0n) is 10.5. The lowest BCUT2D eigenvalue weighted by molar-refractivity contribution is 0.0780. The molecule has 1 amide bonds. The van der Waals surface area contributed by atoms with Crippen molar-refractivity contribution in [1.82, 2.24) is 9.80 Å². The van der Waals surface area contributed by atoms with E-state index in [9.17, 15) is 18.0 Å². The van der Waals surface area contributed by atoms with Crippen molar-refractivity contribution in [2.45, 2.75) is 0 Å². The van der Waals surface area contributed by atoms with Crippen molar-refractivity contribution in [3.8, 4) is 0 Å². The molecule has 0 aromatic heterocycles. The monoisotopic (exact) mass is 260 g/mol. The van der Waals surface area contributed by atoms with E-state index < -0.39 is 28.9 Å². The highest BCUT2D eigenvalue weighted by molar-refractivity contribution is 5.94. The second kappa shape index (κ2) is 5.86. The zero-order valence-corrected chi connectivity index (χ0v) is 10.5. The Labute approximate surface area is 104 Å². The van der Waals surface area contributed by atoms with Gasteiger partial charge in [0.05, 0.1) is 5.56 Å². The highest BCUT2D eigenvalue weighted by atomic mass is 19.2. The molecule has 3 nitrogen and oxygen atoms in total. The third kappa shape index (κ3) is 3.22. The summed E-state index contributed by atoms with van der Waals surface area (Å²) in [5, 5.41) is 0. The van der Waals surface area contributed by atoms with Crippen molar-refractivity contribution in [1.29, 1.82) is 0 Å². The van der Waals surface area contributed by atoms with Crippen molar-refractivity contribution in [3.05, 3.63) is 35.1 Å². The van der Waals surface area contributed by atoms with Crippen LogP contribution in [-0.2, 0) is 0 Å². The molecule has 0 bridgehead atoms. The summed E-state index contributed by atoms with van der Waals surface area (Å²) in [7, 11) is 5.14. The van der Waals surface area contributed by atoms with E-state index in [1.54, 1.807) is 0 Å². The van der Waals surface area contributed by atoms with E-state index in [4.69, 9.17) is 0 Å². The molecule has 0 unspecified atom stereocenters. The number of carbonyl (C=O) groups excluding carboxylic acids is 1. The quantitative estimate of drug-likeness (QED) is 0.770. The second-order valence-corrected chi connectivity index (χ2v) is 4.25. The van der Waals surface area contributed by atoms with E-state index in [0.29, 0.717) is 13.1 Å². The molecule has 1 rings (SSSR count). The predicted molar refractivity (Wildman–Crippen MR) is 61.8 cm³/mol. The van der Waals surface area contributed by atoms with Crippen LogP contribution in [0, 0.1) is 17.5 Å². The van der Waals surface area contributed by atoms with Crippen molar-refractivity contribution in [3.63, 3.8) is 0 Å². The van der Waals surface area contributed by atoms with Crippen LogP contribution in [0.4, 0.5) is 13.2 Å². The van der Waals surface area contributed by atoms with Crippen molar-refractivity contribution >= 4 is 5.91 Å². The highest BCUT2D eigenvalue weighted by Crippen LogP contribution is 2.16. The molecule has 100 valence electrons. The van der Waals surface area contributed by atoms with Crippen LogP contribution in [0.25, 0.3) is 0 Å². The zero-order chi connectivity index (χ0) is 13.9. The highest BCUT2D eigenvalue weighted by Gasteiger charge is 2.21. The van der Waals surface area contributed by atoms with E-state index in [1.165, 1.54) is 11.9 Å². The normalized spacial score (nSPS) is 10.8. The fourth-order valence-corrected chi connectivity index (χ4v) is 1.35. The maximum absolute atomic E-state index is 13.4. The summed E-state index contributed by atoms with van der Waals surface area (Å²) in [6.07, 6.45) is 0. The molecule has 18 heavy (non-hydrogen) atoms. The summed E-state index contributed by atoms with van der Waals surface area (Å²) in [5.41, 5.74) is -0.463. The Kier molecular flexibility index (Phi) is 4.72. The SMILES string of the molecule is CN(C)CCN(C)C(=O)c1ccc(F)c(F)c1F. The maximum Gasteiger partial charge on any atom is 0.256 e. The molecule has 0 N–H and O–H groups in total. The van der Waals surface area contributed by atoms with Crippen molar-refractivity contribution in [2.24, 2.45) is 0 Å². The van der Waals surface area contributed by atoms with Gasteiger partial charge in [-0.05, 0) is 26.2 Å². The molecule has 0 spiro atoms. The van der Waals surface area contributed by atoms with Crippen LogP contribution in [0.3, 0.4) is 0 Å². The Hall–Kier alpha value is -1.56. The Morgan fingerprint density at radius 2 is 1.67 bits per heavy atom. The van der Waals surface area contributed by atoms with Gasteiger partial charge in [-0.1, -0.05) is 0 Å². The number of amides is 1. The van der Waals surface area contributed by atoms with Gasteiger partial charge in [-0.15, -0.1) is 0 Å². The van der Waals surface area contributed by atoms with Gasteiger partial charge >= 0.3 is 0 Å². The molecule has 0 fully saturated rings. The standard InChI is InChI=1S/C12H15F3N2O/c1-16(2)6-7-17(3)12(18)8-4-5-9(13)11(15)10(8)14/h4-5H,6-7H2,1-3H3. The minimum Gasteiger partial charge on any atom is -0.340 e. The van der Waals surface area contributed by atoms with Crippen LogP contribution in [0.5, 0.6) is 0 Å². The Balaban J connectivity index is 2.87. The maximum atomic E-state index is 13.4. The van der Waals surface area contributed by atoms with Crippen molar-refractivity contribution in [2.75, 3.05) is 34.2 Å². The fraction of sp³-hybridized carbons (Fsp3) is 0.417. The van der Waals surface area contributed by atoms with E-state index in [2.05, 4.69) is 0 Å². The molecule has 1 aromatic rings. The molecular weight excluding hydrogens is 245 g/mol. The van der Waals surface area contributed by atoms with Gasteiger partial charge in [-0.25, -0.2) is 13.2 Å². The molecule has 0 aliphatic rings. The Morgan fingerprint density at radius 1 is 1.06 bits per heavy atom. The predicted octanol–water partition coefficient (Wildman–Crippen LogP) is 1.74. The van der Waals surface area contributed by atoms with Gasteiger partial charge in [0.2, 0.25) is 0 Å². The second-order valence-electron chi connectivity index (χ2n) is 4.25. The molecule has 0 saturated carbocycles. The van der Waals surface area contributed by atoms with Gasteiger partial charge in [-0.3, -0.25) is 4.79 Å². The Morgan fingerprint density at radius 3 is 2.22 bits per heavy atom.